The summed E-state index contributed by atoms with van der Waals surface area (Å²) in [4.78, 5) is 23.4. The average Bonchev–Trinajstić information content (AvgIpc) is 2.57. The number of para-hydroxylation sites is 1. The smallest absolute Gasteiger partial charge is 0.329 e. The molecule has 0 saturated carbocycles. The van der Waals surface area contributed by atoms with Gasteiger partial charge in [-0.15, -0.1) is 0 Å². The molecule has 0 bridgehead atoms. The van der Waals surface area contributed by atoms with Crippen LogP contribution in [0.4, 0.5) is 5.69 Å². The second-order valence-electron chi connectivity index (χ2n) is 4.41. The minimum absolute atomic E-state index is 0.343. The quantitative estimate of drug-likeness (QED) is 0.513. The van der Waals surface area contributed by atoms with E-state index >= 15 is 0 Å². The van der Waals surface area contributed by atoms with Gasteiger partial charge < -0.3 is 10.1 Å². The van der Waals surface area contributed by atoms with Crippen molar-refractivity contribution >= 4 is 35.3 Å². The molecule has 0 aliphatic carbocycles. The van der Waals surface area contributed by atoms with Crippen molar-refractivity contribution in [2.24, 2.45) is 5.10 Å². The van der Waals surface area contributed by atoms with Crippen LogP contribution in [0.5, 0.6) is 5.75 Å². The highest BCUT2D eigenvalue weighted by Gasteiger charge is 2.13. The largest absolute Gasteiger partial charge is 0.497 e. The third-order valence-corrected chi connectivity index (χ3v) is 3.15. The first-order chi connectivity index (χ1) is 11.1. The van der Waals surface area contributed by atoms with Crippen LogP contribution in [0.3, 0.4) is 0 Å². The van der Waals surface area contributed by atoms with Gasteiger partial charge in [0, 0.05) is 0 Å². The molecule has 0 aliphatic heterocycles. The van der Waals surface area contributed by atoms with Crippen LogP contribution in [0.25, 0.3) is 0 Å². The summed E-state index contributed by atoms with van der Waals surface area (Å²) in [6.45, 7) is 0. The lowest BCUT2D eigenvalue weighted by Crippen LogP contribution is -2.32. The highest BCUT2D eigenvalue weighted by molar-refractivity contribution is 6.41. The van der Waals surface area contributed by atoms with Crippen LogP contribution in [0.2, 0.25) is 5.02 Å². The lowest BCUT2D eigenvalue weighted by molar-refractivity contribution is -0.136. The fourth-order valence-electron chi connectivity index (χ4n) is 1.65. The summed E-state index contributed by atoms with van der Waals surface area (Å²) >= 11 is 5.90. The number of hydrogen-bond acceptors (Lipinski definition) is 4. The van der Waals surface area contributed by atoms with Crippen molar-refractivity contribution in [2.75, 3.05) is 12.4 Å². The Hall–Kier alpha value is -2.86. The highest BCUT2D eigenvalue weighted by Crippen LogP contribution is 2.20. The summed E-state index contributed by atoms with van der Waals surface area (Å²) in [6, 6.07) is 13.7. The third-order valence-electron chi connectivity index (χ3n) is 2.82. The number of carbonyl (C=O) groups is 2. The van der Waals surface area contributed by atoms with Crippen LogP contribution in [0.15, 0.2) is 53.6 Å². The number of rotatable bonds is 4. The highest BCUT2D eigenvalue weighted by atomic mass is 35.5. The van der Waals surface area contributed by atoms with E-state index in [2.05, 4.69) is 15.8 Å². The van der Waals surface area contributed by atoms with Crippen molar-refractivity contribution in [3.63, 3.8) is 0 Å². The van der Waals surface area contributed by atoms with Gasteiger partial charge in [-0.05, 0) is 42.0 Å². The predicted molar refractivity (Wildman–Crippen MR) is 88.8 cm³/mol. The molecule has 0 aromatic heterocycles. The summed E-state index contributed by atoms with van der Waals surface area (Å²) in [6.07, 6.45) is 1.42. The van der Waals surface area contributed by atoms with Gasteiger partial charge in [0.05, 0.1) is 24.0 Å². The minimum Gasteiger partial charge on any atom is -0.497 e. The second kappa shape index (κ2) is 7.95. The molecule has 118 valence electrons. The molecule has 2 amide bonds. The summed E-state index contributed by atoms with van der Waals surface area (Å²) in [7, 11) is 1.57. The lowest BCUT2D eigenvalue weighted by atomic mass is 10.2. The average molecular weight is 332 g/mol. The monoisotopic (exact) mass is 331 g/mol. The zero-order valence-electron chi connectivity index (χ0n) is 12.2. The fourth-order valence-corrected chi connectivity index (χ4v) is 1.83. The molecular formula is C16H14ClN3O3. The van der Waals surface area contributed by atoms with E-state index in [0.29, 0.717) is 16.5 Å². The maximum Gasteiger partial charge on any atom is 0.329 e. The van der Waals surface area contributed by atoms with E-state index in [4.69, 9.17) is 16.3 Å². The second-order valence-corrected chi connectivity index (χ2v) is 4.81. The topological polar surface area (TPSA) is 79.8 Å². The molecule has 0 atom stereocenters. The van der Waals surface area contributed by atoms with Crippen LogP contribution in [-0.2, 0) is 9.59 Å². The SMILES string of the molecule is COc1ccc(/C=N/NC(=O)C(=O)Nc2ccccc2Cl)cc1. The number of hydrazone groups is 1. The van der Waals surface area contributed by atoms with Crippen molar-refractivity contribution < 1.29 is 14.3 Å². The molecular weight excluding hydrogens is 318 g/mol. The number of anilines is 1. The third kappa shape index (κ3) is 4.82. The molecule has 2 N–H and O–H groups in total. The molecule has 0 aliphatic rings. The molecule has 0 saturated heterocycles. The summed E-state index contributed by atoms with van der Waals surface area (Å²) in [5.41, 5.74) is 3.25. The number of methoxy groups -OCH3 is 1. The molecule has 0 heterocycles. The maximum atomic E-state index is 11.7. The Morgan fingerprint density at radius 3 is 2.43 bits per heavy atom. The van der Waals surface area contributed by atoms with Crippen LogP contribution < -0.4 is 15.5 Å². The first-order valence-corrected chi connectivity index (χ1v) is 7.01. The van der Waals surface area contributed by atoms with Crippen molar-refractivity contribution in [1.82, 2.24) is 5.43 Å². The Bertz CT molecular complexity index is 730. The zero-order chi connectivity index (χ0) is 16.7. The minimum atomic E-state index is -0.894. The number of ether oxygens (including phenoxy) is 1. The van der Waals surface area contributed by atoms with Gasteiger partial charge in [-0.3, -0.25) is 9.59 Å². The summed E-state index contributed by atoms with van der Waals surface area (Å²) in [5.74, 6) is -1.04. The van der Waals surface area contributed by atoms with E-state index in [1.54, 1.807) is 55.6 Å². The molecule has 0 spiro atoms. The number of halogens is 1. The Labute approximate surface area is 138 Å². The Kier molecular flexibility index (Phi) is 5.71. The van der Waals surface area contributed by atoms with Gasteiger partial charge in [0.2, 0.25) is 0 Å². The fraction of sp³-hybridized carbons (Fsp3) is 0.0625. The zero-order valence-corrected chi connectivity index (χ0v) is 13.0. The van der Waals surface area contributed by atoms with Gasteiger partial charge >= 0.3 is 11.8 Å². The van der Waals surface area contributed by atoms with Gasteiger partial charge in [-0.25, -0.2) is 5.43 Å². The van der Waals surface area contributed by atoms with Crippen LogP contribution in [0, 0.1) is 0 Å². The molecule has 23 heavy (non-hydrogen) atoms. The Balaban J connectivity index is 1.89. The molecule has 7 heteroatoms. The van der Waals surface area contributed by atoms with E-state index in [1.165, 1.54) is 6.21 Å². The van der Waals surface area contributed by atoms with Crippen LogP contribution in [0.1, 0.15) is 5.56 Å². The summed E-state index contributed by atoms with van der Waals surface area (Å²) < 4.78 is 5.03. The van der Waals surface area contributed by atoms with Crippen molar-refractivity contribution in [3.05, 3.63) is 59.1 Å². The van der Waals surface area contributed by atoms with Gasteiger partial charge in [-0.2, -0.15) is 5.10 Å². The van der Waals surface area contributed by atoms with E-state index in [1.807, 2.05) is 0 Å². The van der Waals surface area contributed by atoms with E-state index < -0.39 is 11.8 Å². The molecule has 0 fully saturated rings. The van der Waals surface area contributed by atoms with Gasteiger partial charge in [-0.1, -0.05) is 23.7 Å². The van der Waals surface area contributed by atoms with Gasteiger partial charge in [0.15, 0.2) is 0 Å². The maximum absolute atomic E-state index is 11.7. The first-order valence-electron chi connectivity index (χ1n) is 6.63. The van der Waals surface area contributed by atoms with Crippen molar-refractivity contribution in [2.45, 2.75) is 0 Å². The van der Waals surface area contributed by atoms with E-state index in [0.717, 1.165) is 5.56 Å². The Morgan fingerprint density at radius 2 is 1.78 bits per heavy atom. The van der Waals surface area contributed by atoms with Crippen molar-refractivity contribution in [3.8, 4) is 5.75 Å². The van der Waals surface area contributed by atoms with Crippen LogP contribution >= 0.6 is 11.6 Å². The number of carbonyl (C=O) groups excluding carboxylic acids is 2. The van der Waals surface area contributed by atoms with Crippen molar-refractivity contribution in [1.29, 1.82) is 0 Å². The number of benzene rings is 2. The Morgan fingerprint density at radius 1 is 1.09 bits per heavy atom. The predicted octanol–water partition coefficient (Wildman–Crippen LogP) is 2.44. The molecule has 0 radical (unpaired) electrons. The molecule has 2 aromatic carbocycles. The van der Waals surface area contributed by atoms with E-state index in [-0.39, 0.29) is 0 Å². The number of hydrogen-bond donors (Lipinski definition) is 2. The first kappa shape index (κ1) is 16.5. The standard InChI is InChI=1S/C16H14ClN3O3/c1-23-12-8-6-11(7-9-12)10-18-20-16(22)15(21)19-14-5-3-2-4-13(14)17/h2-10H,1H3,(H,19,21)(H,20,22)/b18-10+. The number of amides is 2. The molecule has 2 rings (SSSR count). The number of nitrogens with one attached hydrogen (secondary N) is 2. The van der Waals surface area contributed by atoms with E-state index in [9.17, 15) is 9.59 Å². The van der Waals surface area contributed by atoms with Gasteiger partial charge in [0.1, 0.15) is 5.75 Å². The number of nitrogens with zero attached hydrogens (tertiary/aromatic N) is 1. The van der Waals surface area contributed by atoms with Crippen LogP contribution in [-0.4, -0.2) is 25.1 Å². The molecule has 6 nitrogen and oxygen atoms in total. The molecule has 2 aromatic rings. The summed E-state index contributed by atoms with van der Waals surface area (Å²) in [5, 5.41) is 6.47. The normalized spacial score (nSPS) is 10.3. The molecule has 0 unspecified atom stereocenters. The van der Waals surface area contributed by atoms with Gasteiger partial charge in [0.25, 0.3) is 0 Å². The lowest BCUT2D eigenvalue weighted by Gasteiger charge is -2.05.